The number of benzene rings is 2. The molecule has 0 aromatic heterocycles. The third-order valence-corrected chi connectivity index (χ3v) is 8.33. The molecule has 3 unspecified atom stereocenters. The number of sulfonamides is 1. The molecule has 0 radical (unpaired) electrons. The Bertz CT molecular complexity index is 961. The SMILES string of the molecule is O=S(=O)(Cc1ccc(Cl)c(Cl)c1)NCCC1CC2CCCC2c2ccccc21. The van der Waals surface area contributed by atoms with Gasteiger partial charge in [-0.15, -0.1) is 0 Å². The summed E-state index contributed by atoms with van der Waals surface area (Å²) in [7, 11) is -3.41. The second kappa shape index (κ2) is 8.35. The lowest BCUT2D eigenvalue weighted by Gasteiger charge is -2.34. The zero-order valence-corrected chi connectivity index (χ0v) is 18.0. The molecule has 28 heavy (non-hydrogen) atoms. The molecule has 2 aliphatic rings. The van der Waals surface area contributed by atoms with Gasteiger partial charge in [0, 0.05) is 6.54 Å². The van der Waals surface area contributed by atoms with E-state index in [9.17, 15) is 8.42 Å². The maximum atomic E-state index is 12.5. The molecule has 150 valence electrons. The van der Waals surface area contributed by atoms with Crippen LogP contribution in [0.15, 0.2) is 42.5 Å². The van der Waals surface area contributed by atoms with Crippen molar-refractivity contribution in [2.75, 3.05) is 6.54 Å². The quantitative estimate of drug-likeness (QED) is 0.613. The fourth-order valence-electron chi connectivity index (χ4n) is 5.00. The summed E-state index contributed by atoms with van der Waals surface area (Å²) < 4.78 is 27.7. The predicted molar refractivity (Wildman–Crippen MR) is 116 cm³/mol. The average molecular weight is 438 g/mol. The fraction of sp³-hybridized carbons (Fsp3) is 0.455. The lowest BCUT2D eigenvalue weighted by Crippen LogP contribution is -2.29. The third-order valence-electron chi connectivity index (χ3n) is 6.24. The van der Waals surface area contributed by atoms with Gasteiger partial charge in [-0.3, -0.25) is 0 Å². The van der Waals surface area contributed by atoms with E-state index in [-0.39, 0.29) is 5.75 Å². The van der Waals surface area contributed by atoms with Crippen LogP contribution in [0.1, 0.15) is 60.6 Å². The highest BCUT2D eigenvalue weighted by Crippen LogP contribution is 2.51. The monoisotopic (exact) mass is 437 g/mol. The maximum absolute atomic E-state index is 12.5. The lowest BCUT2D eigenvalue weighted by atomic mass is 9.71. The van der Waals surface area contributed by atoms with Gasteiger partial charge in [0.15, 0.2) is 0 Å². The Hall–Kier alpha value is -1.07. The summed E-state index contributed by atoms with van der Waals surface area (Å²) in [5.41, 5.74) is 3.56. The first kappa shape index (κ1) is 20.2. The number of hydrogen-bond acceptors (Lipinski definition) is 2. The molecule has 0 spiro atoms. The minimum absolute atomic E-state index is 0.0875. The lowest BCUT2D eigenvalue weighted by molar-refractivity contribution is 0.363. The van der Waals surface area contributed by atoms with Crippen LogP contribution in [0.4, 0.5) is 0 Å². The van der Waals surface area contributed by atoms with Crippen molar-refractivity contribution in [2.24, 2.45) is 5.92 Å². The Kier molecular flexibility index (Phi) is 6.03. The van der Waals surface area contributed by atoms with Crippen LogP contribution in [0.5, 0.6) is 0 Å². The summed E-state index contributed by atoms with van der Waals surface area (Å²) in [4.78, 5) is 0. The zero-order chi connectivity index (χ0) is 19.7. The standard InChI is InChI=1S/C22H25Cl2NO2S/c23-21-9-8-15(12-22(21)24)14-28(26,27)25-11-10-17-13-16-4-3-7-19(16)20-6-2-1-5-18(17)20/h1-2,5-6,8-9,12,16-17,19,25H,3-4,7,10-11,13-14H2. The van der Waals surface area contributed by atoms with Gasteiger partial charge >= 0.3 is 0 Å². The molecule has 1 saturated carbocycles. The first-order valence-corrected chi connectivity index (χ1v) is 12.3. The van der Waals surface area contributed by atoms with Gasteiger partial charge in [0.05, 0.1) is 15.8 Å². The van der Waals surface area contributed by atoms with E-state index in [1.807, 2.05) is 0 Å². The van der Waals surface area contributed by atoms with Gasteiger partial charge in [0.1, 0.15) is 0 Å². The van der Waals surface area contributed by atoms with E-state index in [0.29, 0.717) is 34.0 Å². The molecule has 2 aliphatic carbocycles. The van der Waals surface area contributed by atoms with Gasteiger partial charge < -0.3 is 0 Å². The molecule has 2 aromatic rings. The van der Waals surface area contributed by atoms with Crippen molar-refractivity contribution in [1.82, 2.24) is 4.72 Å². The highest BCUT2D eigenvalue weighted by Gasteiger charge is 2.37. The molecular formula is C22H25Cl2NO2S. The van der Waals surface area contributed by atoms with Crippen LogP contribution in [-0.4, -0.2) is 15.0 Å². The van der Waals surface area contributed by atoms with E-state index < -0.39 is 10.0 Å². The largest absolute Gasteiger partial charge is 0.215 e. The van der Waals surface area contributed by atoms with Gasteiger partial charge in [-0.05, 0) is 72.3 Å². The van der Waals surface area contributed by atoms with E-state index in [0.717, 1.165) is 12.3 Å². The molecule has 0 aliphatic heterocycles. The number of fused-ring (bicyclic) bond motifs is 3. The molecule has 4 rings (SSSR count). The van der Waals surface area contributed by atoms with Crippen molar-refractivity contribution in [3.05, 3.63) is 69.2 Å². The summed E-state index contributed by atoms with van der Waals surface area (Å²) in [6.07, 6.45) is 5.92. The van der Waals surface area contributed by atoms with Crippen LogP contribution in [0.2, 0.25) is 10.0 Å². The molecule has 6 heteroatoms. The first-order valence-electron chi connectivity index (χ1n) is 9.93. The van der Waals surface area contributed by atoms with Crippen molar-refractivity contribution >= 4 is 33.2 Å². The summed E-state index contributed by atoms with van der Waals surface area (Å²) >= 11 is 11.9. The molecule has 2 aromatic carbocycles. The number of hydrogen-bond donors (Lipinski definition) is 1. The Morgan fingerprint density at radius 2 is 1.79 bits per heavy atom. The second-order valence-corrected chi connectivity index (χ2v) is 10.7. The minimum Gasteiger partial charge on any atom is -0.215 e. The molecule has 1 fully saturated rings. The molecule has 3 nitrogen and oxygen atoms in total. The van der Waals surface area contributed by atoms with Gasteiger partial charge in [0.25, 0.3) is 0 Å². The van der Waals surface area contributed by atoms with Crippen molar-refractivity contribution in [3.63, 3.8) is 0 Å². The highest BCUT2D eigenvalue weighted by molar-refractivity contribution is 7.88. The molecule has 0 heterocycles. The first-order chi connectivity index (χ1) is 13.4. The average Bonchev–Trinajstić information content (AvgIpc) is 3.13. The van der Waals surface area contributed by atoms with Gasteiger partial charge in [-0.2, -0.15) is 0 Å². The number of rotatable bonds is 6. The van der Waals surface area contributed by atoms with E-state index in [4.69, 9.17) is 23.2 Å². The maximum Gasteiger partial charge on any atom is 0.215 e. The van der Waals surface area contributed by atoms with Gasteiger partial charge in [-0.25, -0.2) is 13.1 Å². The molecule has 0 bridgehead atoms. The summed E-state index contributed by atoms with van der Waals surface area (Å²) in [6.45, 7) is 0.458. The van der Waals surface area contributed by atoms with Crippen LogP contribution in [0.25, 0.3) is 0 Å². The number of halogens is 2. The smallest absolute Gasteiger partial charge is 0.215 e. The van der Waals surface area contributed by atoms with Crippen LogP contribution >= 0.6 is 23.2 Å². The van der Waals surface area contributed by atoms with Crippen LogP contribution in [-0.2, 0) is 15.8 Å². The van der Waals surface area contributed by atoms with Crippen LogP contribution in [0.3, 0.4) is 0 Å². The molecule has 1 N–H and O–H groups in total. The Balaban J connectivity index is 1.39. The third kappa shape index (κ3) is 4.40. The molecule has 0 amide bonds. The topological polar surface area (TPSA) is 46.2 Å². The van der Waals surface area contributed by atoms with Crippen molar-refractivity contribution in [3.8, 4) is 0 Å². The zero-order valence-electron chi connectivity index (χ0n) is 15.7. The van der Waals surface area contributed by atoms with E-state index in [1.165, 1.54) is 36.8 Å². The summed E-state index contributed by atoms with van der Waals surface area (Å²) in [5, 5.41) is 0.802. The van der Waals surface area contributed by atoms with Crippen molar-refractivity contribution in [2.45, 2.75) is 49.7 Å². The van der Waals surface area contributed by atoms with E-state index in [2.05, 4.69) is 29.0 Å². The molecule has 0 saturated heterocycles. The highest BCUT2D eigenvalue weighted by atomic mass is 35.5. The Labute approximate surface area is 177 Å². The normalized spacial score (nSPS) is 24.0. The predicted octanol–water partition coefficient (Wildman–Crippen LogP) is 5.87. The van der Waals surface area contributed by atoms with Gasteiger partial charge in [-0.1, -0.05) is 60.0 Å². The number of nitrogens with one attached hydrogen (secondary N) is 1. The molecule has 3 atom stereocenters. The Morgan fingerprint density at radius 1 is 1.00 bits per heavy atom. The summed E-state index contributed by atoms with van der Waals surface area (Å²) in [6, 6.07) is 13.7. The Morgan fingerprint density at radius 3 is 2.57 bits per heavy atom. The van der Waals surface area contributed by atoms with Gasteiger partial charge in [0.2, 0.25) is 10.0 Å². The van der Waals surface area contributed by atoms with Crippen molar-refractivity contribution < 1.29 is 8.42 Å². The van der Waals surface area contributed by atoms with E-state index >= 15 is 0 Å². The second-order valence-electron chi connectivity index (χ2n) is 8.05. The summed E-state index contributed by atoms with van der Waals surface area (Å²) in [5.74, 6) is 1.81. The van der Waals surface area contributed by atoms with Crippen molar-refractivity contribution in [1.29, 1.82) is 0 Å². The fourth-order valence-corrected chi connectivity index (χ4v) is 6.47. The van der Waals surface area contributed by atoms with E-state index in [1.54, 1.807) is 18.2 Å². The van der Waals surface area contributed by atoms with Crippen LogP contribution < -0.4 is 4.72 Å². The molecular weight excluding hydrogens is 413 g/mol. The minimum atomic E-state index is -3.41. The van der Waals surface area contributed by atoms with Crippen LogP contribution in [0, 0.1) is 5.92 Å².